The van der Waals surface area contributed by atoms with Crippen LogP contribution in [-0.4, -0.2) is 35.8 Å². The fourth-order valence-electron chi connectivity index (χ4n) is 5.89. The normalized spacial score (nSPS) is 25.2. The van der Waals surface area contributed by atoms with Crippen LogP contribution >= 0.6 is 11.6 Å². The van der Waals surface area contributed by atoms with Crippen LogP contribution in [0, 0.1) is 17.8 Å². The van der Waals surface area contributed by atoms with Gasteiger partial charge in [-0.15, -0.1) is 0 Å². The predicted octanol–water partition coefficient (Wildman–Crippen LogP) is 5.11. The van der Waals surface area contributed by atoms with Crippen molar-refractivity contribution in [3.63, 3.8) is 0 Å². The minimum atomic E-state index is -0.147. The van der Waals surface area contributed by atoms with Gasteiger partial charge < -0.3 is 10.6 Å². The lowest BCUT2D eigenvalue weighted by Gasteiger charge is -2.33. The number of amides is 2. The fourth-order valence-corrected chi connectivity index (χ4v) is 6.01. The Bertz CT molecular complexity index is 1000. The molecular weight excluding hydrogens is 434 g/mol. The Hall–Kier alpha value is -2.37. The number of carbonyl (C=O) groups is 2. The molecule has 2 saturated carbocycles. The third kappa shape index (κ3) is 5.42. The summed E-state index contributed by atoms with van der Waals surface area (Å²) in [4.78, 5) is 27.7. The third-order valence-electron chi connectivity index (χ3n) is 7.72. The molecule has 3 aliphatic rings. The van der Waals surface area contributed by atoms with Crippen LogP contribution in [0.25, 0.3) is 0 Å². The van der Waals surface area contributed by atoms with E-state index >= 15 is 0 Å². The largest absolute Gasteiger partial charge is 0.353 e. The molecule has 33 heavy (non-hydrogen) atoms. The highest BCUT2D eigenvalue weighted by Crippen LogP contribution is 2.44. The molecule has 2 N–H and O–H groups in total. The van der Waals surface area contributed by atoms with Gasteiger partial charge in [0.1, 0.15) is 0 Å². The van der Waals surface area contributed by atoms with Crippen LogP contribution in [-0.2, 0) is 11.3 Å². The van der Waals surface area contributed by atoms with Crippen molar-refractivity contribution in [2.45, 2.75) is 51.1 Å². The summed E-state index contributed by atoms with van der Waals surface area (Å²) in [6.45, 7) is 2.68. The molecule has 6 heteroatoms. The molecule has 5 nitrogen and oxygen atoms in total. The van der Waals surface area contributed by atoms with Crippen molar-refractivity contribution in [3.05, 3.63) is 64.7 Å². The van der Waals surface area contributed by atoms with E-state index in [0.29, 0.717) is 16.6 Å². The Kier molecular flexibility index (Phi) is 6.70. The van der Waals surface area contributed by atoms with Crippen molar-refractivity contribution in [3.8, 4) is 0 Å². The monoisotopic (exact) mass is 465 g/mol. The fraction of sp³-hybridized carbons (Fsp3) is 0.481. The summed E-state index contributed by atoms with van der Waals surface area (Å²) >= 11 is 5.91. The third-order valence-corrected chi connectivity index (χ3v) is 7.97. The number of piperidine rings is 1. The molecule has 1 aliphatic heterocycles. The minimum Gasteiger partial charge on any atom is -0.353 e. The first-order valence-corrected chi connectivity index (χ1v) is 12.6. The summed E-state index contributed by atoms with van der Waals surface area (Å²) in [6.07, 6.45) is 7.01. The summed E-state index contributed by atoms with van der Waals surface area (Å²) in [6, 6.07) is 15.3. The maximum atomic E-state index is 12.8. The lowest BCUT2D eigenvalue weighted by Crippen LogP contribution is -2.45. The van der Waals surface area contributed by atoms with Crippen LogP contribution in [0.4, 0.5) is 5.69 Å². The Morgan fingerprint density at radius 3 is 2.45 bits per heavy atom. The smallest absolute Gasteiger partial charge is 0.255 e. The average molecular weight is 466 g/mol. The first kappa shape index (κ1) is 22.4. The van der Waals surface area contributed by atoms with Gasteiger partial charge in [0.15, 0.2) is 0 Å². The molecule has 3 atom stereocenters. The highest BCUT2D eigenvalue weighted by Gasteiger charge is 2.40. The van der Waals surface area contributed by atoms with Crippen molar-refractivity contribution in [1.82, 2.24) is 10.2 Å². The Morgan fingerprint density at radius 2 is 1.76 bits per heavy atom. The van der Waals surface area contributed by atoms with E-state index in [4.69, 9.17) is 11.6 Å². The molecule has 0 radical (unpaired) electrons. The van der Waals surface area contributed by atoms with E-state index in [2.05, 4.69) is 21.6 Å². The predicted molar refractivity (Wildman–Crippen MR) is 131 cm³/mol. The van der Waals surface area contributed by atoms with Crippen molar-refractivity contribution in [1.29, 1.82) is 0 Å². The van der Waals surface area contributed by atoms with Gasteiger partial charge in [0.05, 0.1) is 0 Å². The molecule has 0 spiro atoms. The zero-order valence-corrected chi connectivity index (χ0v) is 19.7. The van der Waals surface area contributed by atoms with Gasteiger partial charge in [-0.05, 0) is 99.0 Å². The molecule has 2 aromatic rings. The first-order valence-electron chi connectivity index (χ1n) is 12.2. The van der Waals surface area contributed by atoms with Crippen LogP contribution in [0.3, 0.4) is 0 Å². The zero-order valence-electron chi connectivity index (χ0n) is 18.9. The molecule has 3 unspecified atom stereocenters. The van der Waals surface area contributed by atoms with Crippen molar-refractivity contribution in [2.24, 2.45) is 17.8 Å². The summed E-state index contributed by atoms with van der Waals surface area (Å²) in [5, 5.41) is 6.96. The standard InChI is InChI=1S/C27H32ClN3O2/c28-23-8-6-20(7-9-23)26(32)29-24-3-1-2-19(15-24)17-31-12-10-21(11-13-31)27(33)30-25-16-18-4-5-22(25)14-18/h1-3,6-9,15,18,21-22,25H,4-5,10-14,16-17H2,(H,29,32)(H,30,33). The molecule has 5 rings (SSSR count). The van der Waals surface area contributed by atoms with Crippen LogP contribution < -0.4 is 10.6 Å². The first-order chi connectivity index (χ1) is 16.0. The zero-order chi connectivity index (χ0) is 22.8. The van der Waals surface area contributed by atoms with Gasteiger partial charge in [-0.25, -0.2) is 0 Å². The maximum Gasteiger partial charge on any atom is 0.255 e. The van der Waals surface area contributed by atoms with Gasteiger partial charge in [-0.3, -0.25) is 14.5 Å². The molecule has 3 fully saturated rings. The quantitative estimate of drug-likeness (QED) is 0.623. The van der Waals surface area contributed by atoms with E-state index in [9.17, 15) is 9.59 Å². The summed E-state index contributed by atoms with van der Waals surface area (Å²) < 4.78 is 0. The molecule has 2 aliphatic carbocycles. The van der Waals surface area contributed by atoms with Crippen molar-refractivity contribution < 1.29 is 9.59 Å². The molecular formula is C27H32ClN3O2. The highest BCUT2D eigenvalue weighted by atomic mass is 35.5. The highest BCUT2D eigenvalue weighted by molar-refractivity contribution is 6.30. The molecule has 2 amide bonds. The van der Waals surface area contributed by atoms with Crippen LogP contribution in [0.15, 0.2) is 48.5 Å². The average Bonchev–Trinajstić information content (AvgIpc) is 3.43. The lowest BCUT2D eigenvalue weighted by molar-refractivity contribution is -0.127. The Balaban J connectivity index is 1.10. The van der Waals surface area contributed by atoms with E-state index in [0.717, 1.165) is 55.6 Å². The van der Waals surface area contributed by atoms with E-state index in [1.807, 2.05) is 18.2 Å². The number of carbonyl (C=O) groups excluding carboxylic acids is 2. The van der Waals surface area contributed by atoms with E-state index in [1.165, 1.54) is 25.7 Å². The number of likely N-dealkylation sites (tertiary alicyclic amines) is 1. The van der Waals surface area contributed by atoms with Gasteiger partial charge in [0.25, 0.3) is 5.91 Å². The van der Waals surface area contributed by atoms with Crippen molar-refractivity contribution in [2.75, 3.05) is 18.4 Å². The number of nitrogens with zero attached hydrogens (tertiary/aromatic N) is 1. The van der Waals surface area contributed by atoms with Gasteiger partial charge >= 0.3 is 0 Å². The number of fused-ring (bicyclic) bond motifs is 2. The number of hydrogen-bond acceptors (Lipinski definition) is 3. The number of rotatable bonds is 6. The van der Waals surface area contributed by atoms with Gasteiger partial charge in [0, 0.05) is 34.8 Å². The minimum absolute atomic E-state index is 0.144. The molecule has 174 valence electrons. The second-order valence-electron chi connectivity index (χ2n) is 10.0. The van der Waals surface area contributed by atoms with Crippen LogP contribution in [0.5, 0.6) is 0 Å². The number of halogens is 1. The second kappa shape index (κ2) is 9.86. The molecule has 1 saturated heterocycles. The topological polar surface area (TPSA) is 61.4 Å². The second-order valence-corrected chi connectivity index (χ2v) is 10.4. The van der Waals surface area contributed by atoms with Crippen LogP contribution in [0.1, 0.15) is 54.4 Å². The maximum absolute atomic E-state index is 12.8. The lowest BCUT2D eigenvalue weighted by atomic mass is 9.92. The number of anilines is 1. The van der Waals surface area contributed by atoms with E-state index in [1.54, 1.807) is 24.3 Å². The van der Waals surface area contributed by atoms with Crippen molar-refractivity contribution >= 4 is 29.1 Å². The van der Waals surface area contributed by atoms with Crippen LogP contribution in [0.2, 0.25) is 5.02 Å². The number of nitrogens with one attached hydrogen (secondary N) is 2. The number of benzene rings is 2. The SMILES string of the molecule is O=C(Nc1cccc(CN2CCC(C(=O)NC3CC4CCC3C4)CC2)c1)c1ccc(Cl)cc1. The van der Waals surface area contributed by atoms with E-state index in [-0.39, 0.29) is 17.7 Å². The van der Waals surface area contributed by atoms with E-state index < -0.39 is 0 Å². The summed E-state index contributed by atoms with van der Waals surface area (Å²) in [5.41, 5.74) is 2.52. The molecule has 2 aromatic carbocycles. The number of hydrogen-bond donors (Lipinski definition) is 2. The Morgan fingerprint density at radius 1 is 0.970 bits per heavy atom. The molecule has 2 bridgehead atoms. The molecule has 1 heterocycles. The summed E-state index contributed by atoms with van der Waals surface area (Å²) in [7, 11) is 0. The molecule has 0 aromatic heterocycles. The summed E-state index contributed by atoms with van der Waals surface area (Å²) in [5.74, 6) is 1.86. The van der Waals surface area contributed by atoms with Gasteiger partial charge in [-0.1, -0.05) is 30.2 Å². The van der Waals surface area contributed by atoms with Gasteiger partial charge in [0.2, 0.25) is 5.91 Å². The van der Waals surface area contributed by atoms with Gasteiger partial charge in [-0.2, -0.15) is 0 Å². The Labute approximate surface area is 200 Å².